The van der Waals surface area contributed by atoms with Crippen LogP contribution in [0, 0.1) is 12.8 Å². The van der Waals surface area contributed by atoms with E-state index in [4.69, 9.17) is 9.84 Å². The summed E-state index contributed by atoms with van der Waals surface area (Å²) in [6, 6.07) is 6.00. The Morgan fingerprint density at radius 1 is 1.47 bits per heavy atom. The highest BCUT2D eigenvalue weighted by Gasteiger charge is 2.04. The molecule has 1 atom stereocenters. The van der Waals surface area contributed by atoms with Crippen molar-refractivity contribution in [3.8, 4) is 5.75 Å². The molecule has 2 N–H and O–H groups in total. The molecule has 0 aliphatic carbocycles. The third kappa shape index (κ3) is 3.44. The number of hydrogen-bond donors (Lipinski definition) is 2. The fourth-order valence-corrected chi connectivity index (χ4v) is 1.31. The Hall–Kier alpha value is -1.22. The van der Waals surface area contributed by atoms with Crippen molar-refractivity contribution in [1.29, 1.82) is 0 Å². The molecule has 1 unspecified atom stereocenters. The van der Waals surface area contributed by atoms with Gasteiger partial charge in [-0.15, -0.1) is 0 Å². The Labute approximate surface area is 91.1 Å². The number of rotatable bonds is 5. The van der Waals surface area contributed by atoms with Gasteiger partial charge in [0.1, 0.15) is 5.75 Å². The number of aliphatic hydroxyl groups excluding tert-OH is 1. The number of ether oxygens (including phenoxy) is 1. The van der Waals surface area contributed by atoms with Gasteiger partial charge in [-0.2, -0.15) is 0 Å². The summed E-state index contributed by atoms with van der Waals surface area (Å²) in [4.78, 5) is 0. The third-order valence-electron chi connectivity index (χ3n) is 2.31. The molecule has 0 radical (unpaired) electrons. The van der Waals surface area contributed by atoms with Crippen molar-refractivity contribution in [2.75, 3.05) is 25.6 Å². The number of anilines is 1. The molecule has 3 nitrogen and oxygen atoms in total. The van der Waals surface area contributed by atoms with E-state index in [-0.39, 0.29) is 12.5 Å². The molecular weight excluding hydrogens is 190 g/mol. The Kier molecular flexibility index (Phi) is 4.43. The molecule has 0 heterocycles. The van der Waals surface area contributed by atoms with E-state index in [9.17, 15) is 0 Å². The largest absolute Gasteiger partial charge is 0.495 e. The maximum absolute atomic E-state index is 8.92. The average molecular weight is 209 g/mol. The van der Waals surface area contributed by atoms with Crippen LogP contribution in [0.3, 0.4) is 0 Å². The number of aryl methyl sites for hydroxylation is 1. The second kappa shape index (κ2) is 5.61. The van der Waals surface area contributed by atoms with Crippen LogP contribution in [0.4, 0.5) is 5.69 Å². The maximum Gasteiger partial charge on any atom is 0.141 e. The molecule has 0 amide bonds. The quantitative estimate of drug-likeness (QED) is 0.779. The van der Waals surface area contributed by atoms with Crippen LogP contribution in [0.5, 0.6) is 5.75 Å². The Bertz CT molecular complexity index is 312. The van der Waals surface area contributed by atoms with Gasteiger partial charge in [-0.05, 0) is 30.5 Å². The third-order valence-corrected chi connectivity index (χ3v) is 2.31. The summed E-state index contributed by atoms with van der Waals surface area (Å²) in [6.45, 7) is 4.98. The summed E-state index contributed by atoms with van der Waals surface area (Å²) in [5, 5.41) is 12.2. The first-order valence-electron chi connectivity index (χ1n) is 5.16. The van der Waals surface area contributed by atoms with Gasteiger partial charge in [-0.1, -0.05) is 13.0 Å². The summed E-state index contributed by atoms with van der Waals surface area (Å²) < 4.78 is 5.24. The first-order chi connectivity index (χ1) is 7.17. The lowest BCUT2D eigenvalue weighted by atomic mass is 10.1. The zero-order valence-corrected chi connectivity index (χ0v) is 9.58. The lowest BCUT2D eigenvalue weighted by Gasteiger charge is -2.14. The standard InChI is InChI=1S/C12H19NO2/c1-9-4-5-12(15-3)11(6-9)13-7-10(2)8-14/h4-6,10,13-14H,7-8H2,1-3H3. The molecule has 0 fully saturated rings. The number of benzene rings is 1. The van der Waals surface area contributed by atoms with Crippen LogP contribution < -0.4 is 10.1 Å². The first kappa shape index (κ1) is 11.9. The molecule has 3 heteroatoms. The van der Waals surface area contributed by atoms with Crippen molar-refractivity contribution in [2.45, 2.75) is 13.8 Å². The summed E-state index contributed by atoms with van der Waals surface area (Å²) >= 11 is 0. The summed E-state index contributed by atoms with van der Waals surface area (Å²) in [5.41, 5.74) is 2.17. The molecule has 0 aromatic heterocycles. The van der Waals surface area contributed by atoms with Crippen LogP contribution in [-0.2, 0) is 0 Å². The lowest BCUT2D eigenvalue weighted by Crippen LogP contribution is -2.14. The van der Waals surface area contributed by atoms with Crippen LogP contribution in [0.2, 0.25) is 0 Å². The minimum absolute atomic E-state index is 0.196. The van der Waals surface area contributed by atoms with Crippen molar-refractivity contribution >= 4 is 5.69 Å². The molecule has 1 aromatic rings. The van der Waals surface area contributed by atoms with Gasteiger partial charge in [0.15, 0.2) is 0 Å². The molecule has 0 spiro atoms. The smallest absolute Gasteiger partial charge is 0.141 e. The van der Waals surface area contributed by atoms with E-state index in [0.29, 0.717) is 0 Å². The van der Waals surface area contributed by atoms with E-state index in [1.807, 2.05) is 32.0 Å². The Morgan fingerprint density at radius 2 is 2.20 bits per heavy atom. The molecular formula is C12H19NO2. The van der Waals surface area contributed by atoms with E-state index >= 15 is 0 Å². The van der Waals surface area contributed by atoms with Crippen LogP contribution in [0.25, 0.3) is 0 Å². The van der Waals surface area contributed by atoms with E-state index in [1.54, 1.807) is 7.11 Å². The van der Waals surface area contributed by atoms with Crippen molar-refractivity contribution in [2.24, 2.45) is 5.92 Å². The highest BCUT2D eigenvalue weighted by Crippen LogP contribution is 2.25. The van der Waals surface area contributed by atoms with Crippen LogP contribution in [-0.4, -0.2) is 25.4 Å². The van der Waals surface area contributed by atoms with Gasteiger partial charge < -0.3 is 15.2 Å². The number of nitrogens with one attached hydrogen (secondary N) is 1. The van der Waals surface area contributed by atoms with Crippen molar-refractivity contribution in [3.05, 3.63) is 23.8 Å². The van der Waals surface area contributed by atoms with Gasteiger partial charge in [0.05, 0.1) is 12.8 Å². The van der Waals surface area contributed by atoms with Crippen molar-refractivity contribution < 1.29 is 9.84 Å². The highest BCUT2D eigenvalue weighted by atomic mass is 16.5. The van der Waals surface area contributed by atoms with E-state index < -0.39 is 0 Å². The predicted octanol–water partition coefficient (Wildman–Crippen LogP) is 2.04. The van der Waals surface area contributed by atoms with E-state index in [1.165, 1.54) is 5.56 Å². The second-order valence-corrected chi connectivity index (χ2v) is 3.87. The number of methoxy groups -OCH3 is 1. The molecule has 0 aliphatic rings. The van der Waals surface area contributed by atoms with Crippen LogP contribution in [0.1, 0.15) is 12.5 Å². The van der Waals surface area contributed by atoms with Gasteiger partial charge in [0.25, 0.3) is 0 Å². The van der Waals surface area contributed by atoms with Crippen molar-refractivity contribution in [1.82, 2.24) is 0 Å². The minimum Gasteiger partial charge on any atom is -0.495 e. The second-order valence-electron chi connectivity index (χ2n) is 3.87. The summed E-state index contributed by atoms with van der Waals surface area (Å²) in [6.07, 6.45) is 0. The van der Waals surface area contributed by atoms with E-state index in [0.717, 1.165) is 18.0 Å². The zero-order valence-electron chi connectivity index (χ0n) is 9.58. The highest BCUT2D eigenvalue weighted by molar-refractivity contribution is 5.57. The van der Waals surface area contributed by atoms with Crippen LogP contribution in [0.15, 0.2) is 18.2 Å². The number of hydrogen-bond acceptors (Lipinski definition) is 3. The molecule has 84 valence electrons. The molecule has 15 heavy (non-hydrogen) atoms. The lowest BCUT2D eigenvalue weighted by molar-refractivity contribution is 0.244. The molecule has 0 bridgehead atoms. The van der Waals surface area contributed by atoms with Gasteiger partial charge in [0.2, 0.25) is 0 Å². The fraction of sp³-hybridized carbons (Fsp3) is 0.500. The van der Waals surface area contributed by atoms with Gasteiger partial charge in [0, 0.05) is 13.2 Å². The molecule has 0 saturated heterocycles. The fourth-order valence-electron chi connectivity index (χ4n) is 1.31. The average Bonchev–Trinajstić information content (AvgIpc) is 2.26. The Morgan fingerprint density at radius 3 is 2.80 bits per heavy atom. The normalized spacial score (nSPS) is 12.3. The van der Waals surface area contributed by atoms with Crippen LogP contribution >= 0.6 is 0 Å². The zero-order chi connectivity index (χ0) is 11.3. The van der Waals surface area contributed by atoms with Gasteiger partial charge in [-0.3, -0.25) is 0 Å². The topological polar surface area (TPSA) is 41.5 Å². The number of aliphatic hydroxyl groups is 1. The molecule has 0 aliphatic heterocycles. The summed E-state index contributed by atoms with van der Waals surface area (Å²) in [5.74, 6) is 1.08. The predicted molar refractivity (Wildman–Crippen MR) is 62.5 cm³/mol. The van der Waals surface area contributed by atoms with Gasteiger partial charge in [-0.25, -0.2) is 0 Å². The maximum atomic E-state index is 8.92. The molecule has 0 saturated carbocycles. The Balaban J connectivity index is 2.69. The van der Waals surface area contributed by atoms with E-state index in [2.05, 4.69) is 5.32 Å². The molecule has 1 rings (SSSR count). The SMILES string of the molecule is COc1ccc(C)cc1NCC(C)CO. The first-order valence-corrected chi connectivity index (χ1v) is 5.16. The minimum atomic E-state index is 0.196. The molecule has 1 aromatic carbocycles. The van der Waals surface area contributed by atoms with Gasteiger partial charge >= 0.3 is 0 Å². The summed E-state index contributed by atoms with van der Waals surface area (Å²) in [7, 11) is 1.66. The monoisotopic (exact) mass is 209 g/mol. The van der Waals surface area contributed by atoms with Crippen molar-refractivity contribution in [3.63, 3.8) is 0 Å².